The maximum atomic E-state index is 11.9. The van der Waals surface area contributed by atoms with Gasteiger partial charge in [0.15, 0.2) is 23.0 Å². The van der Waals surface area contributed by atoms with E-state index in [9.17, 15) is 19.2 Å². The van der Waals surface area contributed by atoms with E-state index >= 15 is 0 Å². The van der Waals surface area contributed by atoms with Crippen LogP contribution in [-0.2, 0) is 15.8 Å². The van der Waals surface area contributed by atoms with Crippen LogP contribution in [0, 0.1) is 0 Å². The van der Waals surface area contributed by atoms with Gasteiger partial charge in [-0.2, -0.15) is 0 Å². The summed E-state index contributed by atoms with van der Waals surface area (Å²) in [6, 6.07) is 9.36. The van der Waals surface area contributed by atoms with E-state index in [0.29, 0.717) is 22.6 Å². The van der Waals surface area contributed by atoms with Crippen LogP contribution in [0.25, 0.3) is 12.2 Å². The normalized spacial score (nSPS) is 12.2. The van der Waals surface area contributed by atoms with E-state index in [1.165, 1.54) is 50.0 Å². The van der Waals surface area contributed by atoms with Gasteiger partial charge in [-0.05, 0) is 47.5 Å². The molecule has 0 aromatic heterocycles. The number of benzene rings is 2. The molecule has 27 heavy (non-hydrogen) atoms. The van der Waals surface area contributed by atoms with Gasteiger partial charge in [0.1, 0.15) is 11.0 Å². The Balaban J connectivity index is 1.94. The summed E-state index contributed by atoms with van der Waals surface area (Å²) in [5.74, 6) is 0.00372. The molecule has 1 unspecified atom stereocenters. The van der Waals surface area contributed by atoms with Crippen molar-refractivity contribution in [2.45, 2.75) is 0 Å². The molecule has 0 saturated heterocycles. The van der Waals surface area contributed by atoms with E-state index in [0.717, 1.165) is 0 Å². The van der Waals surface area contributed by atoms with Crippen LogP contribution in [0.4, 0.5) is 0 Å². The Morgan fingerprint density at radius 3 is 1.96 bits per heavy atom. The van der Waals surface area contributed by atoms with Gasteiger partial charge in [-0.25, -0.2) is 4.21 Å². The molecule has 0 aliphatic rings. The Labute approximate surface area is 159 Å². The Bertz CT molecular complexity index is 834. The molecule has 8 heteroatoms. The second-order valence-electron chi connectivity index (χ2n) is 5.26. The number of aromatic hydroxyl groups is 2. The molecule has 0 fully saturated rings. The van der Waals surface area contributed by atoms with Crippen LogP contribution in [0.5, 0.6) is 23.0 Å². The molecule has 0 aliphatic heterocycles. The second kappa shape index (κ2) is 9.44. The summed E-state index contributed by atoms with van der Waals surface area (Å²) in [7, 11) is 1.13. The average Bonchev–Trinajstić information content (AvgIpc) is 2.65. The molecule has 0 bridgehead atoms. The van der Waals surface area contributed by atoms with Gasteiger partial charge in [-0.15, -0.1) is 0 Å². The van der Waals surface area contributed by atoms with Gasteiger partial charge in [0.25, 0.3) is 5.91 Å². The summed E-state index contributed by atoms with van der Waals surface area (Å²) in [6.07, 6.45) is 4.17. The summed E-state index contributed by atoms with van der Waals surface area (Å²) in [5.41, 5.74) is 1.18. The van der Waals surface area contributed by atoms with Crippen molar-refractivity contribution in [2.75, 3.05) is 14.2 Å². The van der Waals surface area contributed by atoms with Gasteiger partial charge >= 0.3 is 0 Å². The number of phenolic OH excluding ortho intramolecular Hbond substituents is 2. The number of carbonyl (C=O) groups excluding carboxylic acids is 1. The van der Waals surface area contributed by atoms with Gasteiger partial charge in [-0.3, -0.25) is 9.52 Å². The third-order valence-corrected chi connectivity index (χ3v) is 4.20. The lowest BCUT2D eigenvalue weighted by molar-refractivity contribution is -0.114. The van der Waals surface area contributed by atoms with Crippen molar-refractivity contribution in [1.29, 1.82) is 0 Å². The Kier molecular flexibility index (Phi) is 7.01. The van der Waals surface area contributed by atoms with Crippen LogP contribution in [0.1, 0.15) is 11.1 Å². The van der Waals surface area contributed by atoms with Crippen LogP contribution >= 0.6 is 0 Å². The summed E-state index contributed by atoms with van der Waals surface area (Å²) in [4.78, 5) is 11.8. The van der Waals surface area contributed by atoms with E-state index in [-0.39, 0.29) is 11.5 Å². The number of ether oxygens (including phenoxy) is 2. The zero-order chi connectivity index (χ0) is 19.8. The smallest absolute Gasteiger partial charge is 0.255 e. The highest BCUT2D eigenvalue weighted by atomic mass is 32.2. The number of nitrogens with one attached hydrogen (secondary N) is 1. The van der Waals surface area contributed by atoms with E-state index in [1.807, 2.05) is 0 Å². The Morgan fingerprint density at radius 1 is 0.963 bits per heavy atom. The molecule has 1 atom stereocenters. The van der Waals surface area contributed by atoms with Crippen molar-refractivity contribution in [3.05, 3.63) is 59.0 Å². The van der Waals surface area contributed by atoms with Gasteiger partial charge in [0.05, 0.1) is 14.2 Å². The molecular formula is C19H19NO6S. The van der Waals surface area contributed by atoms with Crippen molar-refractivity contribution in [3.8, 4) is 23.0 Å². The molecule has 7 nitrogen and oxygen atoms in total. The SMILES string of the molecule is COc1ccc(C=CC(=O)NS(=O)C=Cc2ccc(OC)c(O)c2)cc1O. The predicted octanol–water partition coefficient (Wildman–Crippen LogP) is 2.58. The number of amides is 1. The fourth-order valence-corrected chi connectivity index (χ4v) is 2.72. The van der Waals surface area contributed by atoms with Crippen molar-refractivity contribution >= 4 is 29.0 Å². The van der Waals surface area contributed by atoms with Crippen molar-refractivity contribution in [2.24, 2.45) is 0 Å². The number of methoxy groups -OCH3 is 2. The lowest BCUT2D eigenvalue weighted by Crippen LogP contribution is -2.21. The minimum atomic E-state index is -1.75. The van der Waals surface area contributed by atoms with E-state index in [2.05, 4.69) is 4.72 Å². The number of phenols is 2. The maximum absolute atomic E-state index is 11.9. The van der Waals surface area contributed by atoms with Crippen molar-refractivity contribution in [3.63, 3.8) is 0 Å². The molecule has 0 spiro atoms. The average molecular weight is 389 g/mol. The van der Waals surface area contributed by atoms with Crippen LogP contribution in [0.15, 0.2) is 47.9 Å². The first-order valence-corrected chi connectivity index (χ1v) is 8.95. The standard InChI is InChI=1S/C19H19NO6S/c1-25-17-6-3-13(11-15(17)21)5-8-19(23)20-27(24)10-9-14-4-7-18(26-2)16(22)12-14/h3-12,21-22H,1-2H3,(H,20,23). The Morgan fingerprint density at radius 2 is 1.48 bits per heavy atom. The van der Waals surface area contributed by atoms with Crippen LogP contribution in [-0.4, -0.2) is 34.5 Å². The fraction of sp³-hybridized carbons (Fsp3) is 0.105. The molecule has 0 saturated carbocycles. The predicted molar refractivity (Wildman–Crippen MR) is 104 cm³/mol. The largest absolute Gasteiger partial charge is 0.504 e. The Hall–Kier alpha value is -3.26. The van der Waals surface area contributed by atoms with Crippen molar-refractivity contribution < 1.29 is 28.7 Å². The number of rotatable bonds is 7. The summed E-state index contributed by atoms with van der Waals surface area (Å²) < 4.78 is 24.1. The number of carbonyl (C=O) groups is 1. The van der Waals surface area contributed by atoms with Crippen LogP contribution in [0.3, 0.4) is 0 Å². The molecule has 2 aromatic rings. The highest BCUT2D eigenvalue weighted by Crippen LogP contribution is 2.27. The molecule has 2 rings (SSSR count). The van der Waals surface area contributed by atoms with Crippen molar-refractivity contribution in [1.82, 2.24) is 4.72 Å². The van der Waals surface area contributed by atoms with E-state index < -0.39 is 16.9 Å². The van der Waals surface area contributed by atoms with Crippen LogP contribution < -0.4 is 14.2 Å². The highest BCUT2D eigenvalue weighted by Gasteiger charge is 2.03. The molecule has 142 valence electrons. The van der Waals surface area contributed by atoms with Gasteiger partial charge < -0.3 is 19.7 Å². The molecular weight excluding hydrogens is 370 g/mol. The minimum absolute atomic E-state index is 0.0415. The molecule has 0 heterocycles. The second-order valence-corrected chi connectivity index (χ2v) is 6.33. The third kappa shape index (κ3) is 5.89. The lowest BCUT2D eigenvalue weighted by Gasteiger charge is -2.03. The first kappa shape index (κ1) is 20.1. The van der Waals surface area contributed by atoms with Gasteiger partial charge in [0, 0.05) is 11.5 Å². The molecule has 1 amide bonds. The number of hydrogen-bond acceptors (Lipinski definition) is 6. The zero-order valence-corrected chi connectivity index (χ0v) is 15.5. The van der Waals surface area contributed by atoms with E-state index in [4.69, 9.17) is 9.47 Å². The maximum Gasteiger partial charge on any atom is 0.255 e. The third-order valence-electron chi connectivity index (χ3n) is 3.42. The summed E-state index contributed by atoms with van der Waals surface area (Å²) in [5, 5.41) is 20.7. The minimum Gasteiger partial charge on any atom is -0.504 e. The quantitative estimate of drug-likeness (QED) is 0.629. The van der Waals surface area contributed by atoms with Gasteiger partial charge in [-0.1, -0.05) is 12.1 Å². The monoisotopic (exact) mass is 389 g/mol. The topological polar surface area (TPSA) is 105 Å². The van der Waals surface area contributed by atoms with E-state index in [1.54, 1.807) is 24.3 Å². The fourth-order valence-electron chi connectivity index (χ4n) is 2.10. The lowest BCUT2D eigenvalue weighted by atomic mass is 10.2. The molecule has 0 radical (unpaired) electrons. The highest BCUT2D eigenvalue weighted by molar-refractivity contribution is 7.86. The molecule has 3 N–H and O–H groups in total. The first-order valence-electron chi connectivity index (χ1n) is 7.74. The van der Waals surface area contributed by atoms with Gasteiger partial charge in [0.2, 0.25) is 0 Å². The molecule has 0 aliphatic carbocycles. The molecule has 2 aromatic carbocycles. The van der Waals surface area contributed by atoms with Crippen LogP contribution in [0.2, 0.25) is 0 Å². The first-order chi connectivity index (χ1) is 12.9. The zero-order valence-electron chi connectivity index (χ0n) is 14.7. The summed E-state index contributed by atoms with van der Waals surface area (Å²) >= 11 is 0. The number of hydrogen-bond donors (Lipinski definition) is 3. The summed E-state index contributed by atoms with van der Waals surface area (Å²) in [6.45, 7) is 0.